The summed E-state index contributed by atoms with van der Waals surface area (Å²) in [5.41, 5.74) is 1.36. The van der Waals surface area contributed by atoms with Gasteiger partial charge in [-0.25, -0.2) is 4.98 Å². The van der Waals surface area contributed by atoms with Crippen LogP contribution in [0.1, 0.15) is 58.3 Å². The Bertz CT molecular complexity index is 323. The van der Waals surface area contributed by atoms with E-state index in [1.165, 1.54) is 10.7 Å². The van der Waals surface area contributed by atoms with Crippen LogP contribution in [0.5, 0.6) is 0 Å². The molecule has 0 radical (unpaired) electrons. The molecule has 16 heavy (non-hydrogen) atoms. The molecule has 3 heteroatoms. The third kappa shape index (κ3) is 3.87. The average Bonchev–Trinajstić information content (AvgIpc) is 2.61. The Morgan fingerprint density at radius 3 is 2.38 bits per heavy atom. The summed E-state index contributed by atoms with van der Waals surface area (Å²) in [7, 11) is 0. The van der Waals surface area contributed by atoms with Gasteiger partial charge in [-0.1, -0.05) is 34.6 Å². The smallest absolute Gasteiger partial charge is 0.110 e. The van der Waals surface area contributed by atoms with Crippen LogP contribution in [-0.4, -0.2) is 11.5 Å². The van der Waals surface area contributed by atoms with E-state index in [0.29, 0.717) is 12.0 Å². The lowest BCUT2D eigenvalue weighted by Gasteiger charge is -2.15. The van der Waals surface area contributed by atoms with Crippen molar-refractivity contribution >= 4 is 11.3 Å². The number of hydrogen-bond acceptors (Lipinski definition) is 3. The predicted octanol–water partition coefficient (Wildman–Crippen LogP) is 3.75. The zero-order valence-corrected chi connectivity index (χ0v) is 12.1. The first-order valence-corrected chi connectivity index (χ1v) is 6.88. The number of aromatic nitrogens is 1. The average molecular weight is 240 g/mol. The number of nitrogens with zero attached hydrogens (tertiary/aromatic N) is 1. The Kier molecular flexibility index (Phi) is 4.51. The van der Waals surface area contributed by atoms with Gasteiger partial charge in [0.05, 0.1) is 11.7 Å². The fourth-order valence-corrected chi connectivity index (χ4v) is 2.41. The van der Waals surface area contributed by atoms with Crippen LogP contribution in [0.15, 0.2) is 5.38 Å². The van der Waals surface area contributed by atoms with Crippen LogP contribution >= 0.6 is 11.3 Å². The van der Waals surface area contributed by atoms with Gasteiger partial charge in [0.1, 0.15) is 5.01 Å². The fourth-order valence-electron chi connectivity index (χ4n) is 1.33. The monoisotopic (exact) mass is 240 g/mol. The van der Waals surface area contributed by atoms with Gasteiger partial charge in [-0.05, 0) is 19.4 Å². The van der Waals surface area contributed by atoms with E-state index in [0.717, 1.165) is 6.54 Å². The second kappa shape index (κ2) is 5.28. The molecule has 0 saturated heterocycles. The molecule has 1 N–H and O–H groups in total. The lowest BCUT2D eigenvalue weighted by atomic mass is 9.93. The number of thiazole rings is 1. The van der Waals surface area contributed by atoms with Gasteiger partial charge in [0.15, 0.2) is 0 Å². The zero-order chi connectivity index (χ0) is 12.3. The molecule has 1 rings (SSSR count). The standard InChI is InChI=1S/C13H24N2S/c1-9(2)7-14-10(3)12-15-11(8-16-12)13(4,5)6/h8-10,14H,7H2,1-6H3. The maximum Gasteiger partial charge on any atom is 0.110 e. The Morgan fingerprint density at radius 2 is 1.94 bits per heavy atom. The molecule has 1 unspecified atom stereocenters. The Hall–Kier alpha value is -0.410. The molecular formula is C13H24N2S. The molecule has 0 aliphatic carbocycles. The van der Waals surface area contributed by atoms with Crippen molar-refractivity contribution in [3.63, 3.8) is 0 Å². The van der Waals surface area contributed by atoms with Crippen molar-refractivity contribution in [2.45, 2.75) is 53.0 Å². The first-order chi connectivity index (χ1) is 7.30. The molecule has 0 saturated carbocycles. The van der Waals surface area contributed by atoms with Crippen LogP contribution in [-0.2, 0) is 5.41 Å². The van der Waals surface area contributed by atoms with E-state index >= 15 is 0 Å². The number of hydrogen-bond donors (Lipinski definition) is 1. The summed E-state index contributed by atoms with van der Waals surface area (Å²) in [5.74, 6) is 0.685. The first-order valence-electron chi connectivity index (χ1n) is 6.00. The van der Waals surface area contributed by atoms with Gasteiger partial charge in [0, 0.05) is 10.8 Å². The third-order valence-electron chi connectivity index (χ3n) is 2.49. The lowest BCUT2D eigenvalue weighted by Crippen LogP contribution is -2.23. The molecule has 0 fully saturated rings. The normalized spacial score (nSPS) is 14.4. The summed E-state index contributed by atoms with van der Waals surface area (Å²) in [4.78, 5) is 4.72. The first kappa shape index (κ1) is 13.7. The van der Waals surface area contributed by atoms with Crippen LogP contribution in [0.2, 0.25) is 0 Å². The highest BCUT2D eigenvalue weighted by atomic mass is 32.1. The van der Waals surface area contributed by atoms with Gasteiger partial charge in [0.25, 0.3) is 0 Å². The largest absolute Gasteiger partial charge is 0.308 e. The molecule has 0 amide bonds. The minimum atomic E-state index is 0.159. The molecule has 1 heterocycles. The summed E-state index contributed by atoms with van der Waals surface area (Å²) in [6.45, 7) is 14.3. The van der Waals surface area contributed by atoms with Crippen molar-refractivity contribution in [2.75, 3.05) is 6.54 Å². The van der Waals surface area contributed by atoms with Gasteiger partial charge >= 0.3 is 0 Å². The van der Waals surface area contributed by atoms with Crippen LogP contribution in [0.3, 0.4) is 0 Å². The Balaban J connectivity index is 2.63. The van der Waals surface area contributed by atoms with E-state index in [9.17, 15) is 0 Å². The molecule has 0 spiro atoms. The molecule has 1 aromatic heterocycles. The summed E-state index contributed by atoms with van der Waals surface area (Å²) in [5, 5.41) is 6.89. The molecule has 2 nitrogen and oxygen atoms in total. The van der Waals surface area contributed by atoms with Crippen LogP contribution in [0, 0.1) is 5.92 Å². The second-order valence-corrected chi connectivity index (χ2v) is 6.73. The SMILES string of the molecule is CC(C)CNC(C)c1nc(C(C)(C)C)cs1. The molecule has 0 aromatic carbocycles. The maximum absolute atomic E-state index is 4.72. The van der Waals surface area contributed by atoms with Gasteiger partial charge in [-0.3, -0.25) is 0 Å². The third-order valence-corrected chi connectivity index (χ3v) is 3.52. The van der Waals surface area contributed by atoms with Crippen molar-refractivity contribution in [3.8, 4) is 0 Å². The molecule has 0 aliphatic heterocycles. The molecule has 1 aromatic rings. The number of nitrogens with one attached hydrogen (secondary N) is 1. The minimum Gasteiger partial charge on any atom is -0.308 e. The highest BCUT2D eigenvalue weighted by molar-refractivity contribution is 7.09. The minimum absolute atomic E-state index is 0.159. The van der Waals surface area contributed by atoms with Crippen molar-refractivity contribution in [1.29, 1.82) is 0 Å². The highest BCUT2D eigenvalue weighted by Gasteiger charge is 2.19. The van der Waals surface area contributed by atoms with Crippen molar-refractivity contribution in [2.24, 2.45) is 5.92 Å². The summed E-state index contributed by atoms with van der Waals surface area (Å²) < 4.78 is 0. The molecule has 0 aliphatic rings. The summed E-state index contributed by atoms with van der Waals surface area (Å²) in [6, 6.07) is 0.364. The molecular weight excluding hydrogens is 216 g/mol. The van der Waals surface area contributed by atoms with Crippen LogP contribution < -0.4 is 5.32 Å². The van der Waals surface area contributed by atoms with Crippen molar-refractivity contribution in [1.82, 2.24) is 10.3 Å². The highest BCUT2D eigenvalue weighted by Crippen LogP contribution is 2.26. The zero-order valence-electron chi connectivity index (χ0n) is 11.3. The van der Waals surface area contributed by atoms with E-state index in [-0.39, 0.29) is 5.41 Å². The van der Waals surface area contributed by atoms with E-state index in [1.54, 1.807) is 11.3 Å². The molecule has 1 atom stereocenters. The maximum atomic E-state index is 4.72. The fraction of sp³-hybridized carbons (Fsp3) is 0.769. The quantitative estimate of drug-likeness (QED) is 0.867. The van der Waals surface area contributed by atoms with E-state index in [4.69, 9.17) is 4.98 Å². The van der Waals surface area contributed by atoms with E-state index in [1.807, 2.05) is 0 Å². The summed E-state index contributed by atoms with van der Waals surface area (Å²) in [6.07, 6.45) is 0. The van der Waals surface area contributed by atoms with Gasteiger partial charge in [-0.2, -0.15) is 0 Å². The predicted molar refractivity (Wildman–Crippen MR) is 72.1 cm³/mol. The van der Waals surface area contributed by atoms with Crippen LogP contribution in [0.25, 0.3) is 0 Å². The lowest BCUT2D eigenvalue weighted by molar-refractivity contribution is 0.491. The van der Waals surface area contributed by atoms with E-state index in [2.05, 4.69) is 52.2 Å². The van der Waals surface area contributed by atoms with Crippen molar-refractivity contribution < 1.29 is 0 Å². The summed E-state index contributed by atoms with van der Waals surface area (Å²) >= 11 is 1.76. The molecule has 92 valence electrons. The second-order valence-electron chi connectivity index (χ2n) is 5.84. The van der Waals surface area contributed by atoms with Crippen molar-refractivity contribution in [3.05, 3.63) is 16.1 Å². The topological polar surface area (TPSA) is 24.9 Å². The Labute approximate surface area is 103 Å². The number of rotatable bonds is 4. The molecule has 0 bridgehead atoms. The van der Waals surface area contributed by atoms with E-state index < -0.39 is 0 Å². The van der Waals surface area contributed by atoms with Gasteiger partial charge < -0.3 is 5.32 Å². The van der Waals surface area contributed by atoms with Crippen LogP contribution in [0.4, 0.5) is 0 Å². The van der Waals surface area contributed by atoms with Gasteiger partial charge in [-0.15, -0.1) is 11.3 Å². The van der Waals surface area contributed by atoms with Gasteiger partial charge in [0.2, 0.25) is 0 Å². The Morgan fingerprint density at radius 1 is 1.31 bits per heavy atom.